The summed E-state index contributed by atoms with van der Waals surface area (Å²) in [5, 5.41) is 2.68. The predicted molar refractivity (Wildman–Crippen MR) is 107 cm³/mol. The molecule has 1 N–H and O–H groups in total. The lowest BCUT2D eigenvalue weighted by Gasteiger charge is -2.12. The molecule has 0 aliphatic heterocycles. The fourth-order valence-corrected chi connectivity index (χ4v) is 3.73. The quantitative estimate of drug-likeness (QED) is 0.669. The van der Waals surface area contributed by atoms with E-state index in [-0.39, 0.29) is 17.0 Å². The number of amides is 1. The van der Waals surface area contributed by atoms with Gasteiger partial charge in [-0.2, -0.15) is 0 Å². The zero-order valence-corrected chi connectivity index (χ0v) is 17.1. The van der Waals surface area contributed by atoms with Crippen LogP contribution >= 0.6 is 0 Å². The molecule has 1 aromatic heterocycles. The van der Waals surface area contributed by atoms with Gasteiger partial charge in [-0.05, 0) is 42.8 Å². The van der Waals surface area contributed by atoms with Crippen LogP contribution in [0.25, 0.3) is 5.69 Å². The second kappa shape index (κ2) is 8.14. The van der Waals surface area contributed by atoms with E-state index in [0.29, 0.717) is 17.1 Å². The molecule has 29 heavy (non-hydrogen) atoms. The van der Waals surface area contributed by atoms with Gasteiger partial charge in [0.25, 0.3) is 5.91 Å². The number of aryl methyl sites for hydroxylation is 1. The number of hydrogen-bond donors (Lipinski definition) is 1. The first-order valence-corrected chi connectivity index (χ1v) is 10.2. The molecule has 3 aromatic rings. The largest absolute Gasteiger partial charge is 0.348 e. The number of imidazole rings is 1. The van der Waals surface area contributed by atoms with Crippen LogP contribution in [0.1, 0.15) is 21.7 Å². The van der Waals surface area contributed by atoms with E-state index in [4.69, 9.17) is 0 Å². The fraction of sp³-hybridized carbons (Fsp3) is 0.200. The maximum atomic E-state index is 14.5. The highest BCUT2D eigenvalue weighted by Crippen LogP contribution is 2.18. The lowest BCUT2D eigenvalue weighted by molar-refractivity contribution is 0.0950. The van der Waals surface area contributed by atoms with E-state index in [0.717, 1.165) is 4.31 Å². The minimum Gasteiger partial charge on any atom is -0.348 e. The van der Waals surface area contributed by atoms with Gasteiger partial charge in [0.05, 0.1) is 10.6 Å². The van der Waals surface area contributed by atoms with Gasteiger partial charge in [-0.1, -0.05) is 12.1 Å². The molecule has 0 aliphatic rings. The van der Waals surface area contributed by atoms with Crippen molar-refractivity contribution in [2.75, 3.05) is 14.1 Å². The molecule has 1 heterocycles. The molecule has 0 saturated carbocycles. The SMILES string of the molecule is Cc1nccn1-c1ccc(CNC(=O)c2cccc(S(=O)(=O)N(C)C)c2)cc1F. The highest BCUT2D eigenvalue weighted by Gasteiger charge is 2.18. The van der Waals surface area contributed by atoms with Gasteiger partial charge in [-0.3, -0.25) is 4.79 Å². The van der Waals surface area contributed by atoms with Gasteiger partial charge >= 0.3 is 0 Å². The van der Waals surface area contributed by atoms with Gasteiger partial charge in [-0.25, -0.2) is 22.1 Å². The molecule has 7 nitrogen and oxygen atoms in total. The average Bonchev–Trinajstić information content (AvgIpc) is 3.11. The number of halogens is 1. The summed E-state index contributed by atoms with van der Waals surface area (Å²) < 4.78 is 41.6. The van der Waals surface area contributed by atoms with Crippen LogP contribution in [-0.4, -0.2) is 42.3 Å². The molecule has 0 spiro atoms. The third-order valence-electron chi connectivity index (χ3n) is 4.43. The smallest absolute Gasteiger partial charge is 0.251 e. The number of carbonyl (C=O) groups is 1. The molecule has 0 radical (unpaired) electrons. The van der Waals surface area contributed by atoms with E-state index in [1.54, 1.807) is 36.0 Å². The van der Waals surface area contributed by atoms with Crippen molar-refractivity contribution in [3.63, 3.8) is 0 Å². The molecule has 1 amide bonds. The van der Waals surface area contributed by atoms with Gasteiger partial charge in [-0.15, -0.1) is 0 Å². The maximum Gasteiger partial charge on any atom is 0.251 e. The summed E-state index contributed by atoms with van der Waals surface area (Å²) in [6.07, 6.45) is 3.26. The van der Waals surface area contributed by atoms with Crippen molar-refractivity contribution in [2.24, 2.45) is 0 Å². The van der Waals surface area contributed by atoms with Crippen LogP contribution in [0.2, 0.25) is 0 Å². The number of nitrogens with zero attached hydrogens (tertiary/aromatic N) is 3. The van der Waals surface area contributed by atoms with Crippen LogP contribution in [0.15, 0.2) is 59.8 Å². The van der Waals surface area contributed by atoms with Crippen molar-refractivity contribution < 1.29 is 17.6 Å². The zero-order chi connectivity index (χ0) is 21.2. The Morgan fingerprint density at radius 3 is 2.59 bits per heavy atom. The normalized spacial score (nSPS) is 11.6. The predicted octanol–water partition coefficient (Wildman–Crippen LogP) is 2.50. The highest BCUT2D eigenvalue weighted by molar-refractivity contribution is 7.89. The van der Waals surface area contributed by atoms with E-state index < -0.39 is 21.7 Å². The van der Waals surface area contributed by atoms with Gasteiger partial charge in [0.15, 0.2) is 0 Å². The van der Waals surface area contributed by atoms with Gasteiger partial charge in [0.1, 0.15) is 11.6 Å². The number of benzene rings is 2. The number of hydrogen-bond acceptors (Lipinski definition) is 4. The fourth-order valence-electron chi connectivity index (χ4n) is 2.78. The van der Waals surface area contributed by atoms with E-state index in [1.165, 1.54) is 44.4 Å². The molecule has 0 saturated heterocycles. The second-order valence-corrected chi connectivity index (χ2v) is 8.78. The molecule has 152 valence electrons. The van der Waals surface area contributed by atoms with E-state index >= 15 is 0 Å². The lowest BCUT2D eigenvalue weighted by atomic mass is 10.1. The molecule has 0 fully saturated rings. The van der Waals surface area contributed by atoms with Crippen molar-refractivity contribution in [2.45, 2.75) is 18.4 Å². The van der Waals surface area contributed by atoms with Crippen LogP contribution in [0.5, 0.6) is 0 Å². The van der Waals surface area contributed by atoms with Crippen molar-refractivity contribution in [1.82, 2.24) is 19.2 Å². The number of aromatic nitrogens is 2. The van der Waals surface area contributed by atoms with Crippen LogP contribution < -0.4 is 5.32 Å². The number of nitrogens with one attached hydrogen (secondary N) is 1. The van der Waals surface area contributed by atoms with E-state index in [1.807, 2.05) is 0 Å². The summed E-state index contributed by atoms with van der Waals surface area (Å²) >= 11 is 0. The minimum absolute atomic E-state index is 0.0289. The van der Waals surface area contributed by atoms with Crippen molar-refractivity contribution in [3.05, 3.63) is 77.6 Å². The number of carbonyl (C=O) groups excluding carboxylic acids is 1. The first-order valence-electron chi connectivity index (χ1n) is 8.79. The molecule has 0 bridgehead atoms. The molecule has 2 aromatic carbocycles. The van der Waals surface area contributed by atoms with Crippen LogP contribution in [0.3, 0.4) is 0 Å². The summed E-state index contributed by atoms with van der Waals surface area (Å²) in [6, 6.07) is 10.5. The molecule has 0 aliphatic carbocycles. The number of rotatable bonds is 6. The molecule has 9 heteroatoms. The van der Waals surface area contributed by atoms with Gasteiger partial charge in [0.2, 0.25) is 10.0 Å². The van der Waals surface area contributed by atoms with Crippen LogP contribution in [-0.2, 0) is 16.6 Å². The monoisotopic (exact) mass is 416 g/mol. The molecular formula is C20H21FN4O3S. The molecule has 3 rings (SSSR count). The Labute approximate surface area is 168 Å². The Bertz CT molecular complexity index is 1160. The topological polar surface area (TPSA) is 84.3 Å². The van der Waals surface area contributed by atoms with Crippen molar-refractivity contribution in [3.8, 4) is 5.69 Å². The summed E-state index contributed by atoms with van der Waals surface area (Å²) in [5.41, 5.74) is 1.16. The van der Waals surface area contributed by atoms with Gasteiger partial charge in [0, 0.05) is 38.6 Å². The number of sulfonamides is 1. The highest BCUT2D eigenvalue weighted by atomic mass is 32.2. The zero-order valence-electron chi connectivity index (χ0n) is 16.3. The third-order valence-corrected chi connectivity index (χ3v) is 6.24. The Morgan fingerprint density at radius 1 is 1.21 bits per heavy atom. The maximum absolute atomic E-state index is 14.5. The van der Waals surface area contributed by atoms with E-state index in [9.17, 15) is 17.6 Å². The van der Waals surface area contributed by atoms with Crippen LogP contribution in [0, 0.1) is 12.7 Å². The third kappa shape index (κ3) is 4.36. The second-order valence-electron chi connectivity index (χ2n) is 6.63. The van der Waals surface area contributed by atoms with E-state index in [2.05, 4.69) is 10.3 Å². The summed E-state index contributed by atoms with van der Waals surface area (Å²) in [7, 11) is -0.795. The first-order chi connectivity index (χ1) is 13.7. The Kier molecular flexibility index (Phi) is 5.81. The first kappa shape index (κ1) is 20.7. The summed E-state index contributed by atoms with van der Waals surface area (Å²) in [4.78, 5) is 16.5. The minimum atomic E-state index is -3.64. The Morgan fingerprint density at radius 2 is 1.97 bits per heavy atom. The molecule has 0 atom stereocenters. The van der Waals surface area contributed by atoms with Crippen LogP contribution in [0.4, 0.5) is 4.39 Å². The van der Waals surface area contributed by atoms with Crippen molar-refractivity contribution >= 4 is 15.9 Å². The standard InChI is InChI=1S/C20H21FN4O3S/c1-14-22-9-10-25(14)19-8-7-15(11-18(19)21)13-23-20(26)16-5-4-6-17(12-16)29(27,28)24(2)3/h4-12H,13H2,1-3H3,(H,23,26). The summed E-state index contributed by atoms with van der Waals surface area (Å²) in [5.74, 6) is -0.217. The molecular weight excluding hydrogens is 395 g/mol. The van der Waals surface area contributed by atoms with Gasteiger partial charge < -0.3 is 9.88 Å². The summed E-state index contributed by atoms with van der Waals surface area (Å²) in [6.45, 7) is 1.88. The Balaban J connectivity index is 1.73. The average molecular weight is 416 g/mol. The lowest BCUT2D eigenvalue weighted by Crippen LogP contribution is -2.25. The molecule has 0 unspecified atom stereocenters. The Hall–Kier alpha value is -3.04. The van der Waals surface area contributed by atoms with Crippen molar-refractivity contribution in [1.29, 1.82) is 0 Å².